The molecule has 6 nitrogen and oxygen atoms in total. The quantitative estimate of drug-likeness (QED) is 0.925. The van der Waals surface area contributed by atoms with Gasteiger partial charge in [0.1, 0.15) is 11.9 Å². The lowest BCUT2D eigenvalue weighted by Crippen LogP contribution is -2.50. The van der Waals surface area contributed by atoms with Crippen LogP contribution < -0.4 is 5.32 Å². The number of piperidine rings is 1. The Morgan fingerprint density at radius 3 is 2.95 bits per heavy atom. The van der Waals surface area contributed by atoms with Crippen LogP contribution in [-0.2, 0) is 11.3 Å². The minimum atomic E-state index is -0.451. The highest BCUT2D eigenvalue weighted by Gasteiger charge is 2.30. The number of carbonyl (C=O) groups is 1. The van der Waals surface area contributed by atoms with E-state index in [9.17, 15) is 4.79 Å². The van der Waals surface area contributed by atoms with Crippen LogP contribution in [-0.4, -0.2) is 45.7 Å². The molecule has 0 radical (unpaired) electrons. The Hall–Kier alpha value is -1.69. The molecule has 1 aliphatic heterocycles. The lowest BCUT2D eigenvalue weighted by Gasteiger charge is -2.36. The SMILES string of the molecule is CC(C)(C)OC(=O)N1CCCCC1CNCc1ccncn1. The third kappa shape index (κ3) is 5.26. The maximum Gasteiger partial charge on any atom is 0.410 e. The number of nitrogens with zero attached hydrogens (tertiary/aromatic N) is 3. The topological polar surface area (TPSA) is 67.3 Å². The summed E-state index contributed by atoms with van der Waals surface area (Å²) in [5.74, 6) is 0. The molecule has 6 heteroatoms. The Morgan fingerprint density at radius 1 is 1.45 bits per heavy atom. The highest BCUT2D eigenvalue weighted by molar-refractivity contribution is 5.68. The first-order valence-corrected chi connectivity index (χ1v) is 7.91. The summed E-state index contributed by atoms with van der Waals surface area (Å²) in [5.41, 5.74) is 0.502. The van der Waals surface area contributed by atoms with E-state index in [1.165, 1.54) is 0 Å². The summed E-state index contributed by atoms with van der Waals surface area (Å²) < 4.78 is 5.51. The van der Waals surface area contributed by atoms with Gasteiger partial charge in [-0.1, -0.05) is 0 Å². The number of carbonyl (C=O) groups excluding carboxylic acids is 1. The van der Waals surface area contributed by atoms with Gasteiger partial charge in [0.25, 0.3) is 0 Å². The van der Waals surface area contributed by atoms with Crippen LogP contribution in [0.4, 0.5) is 4.79 Å². The summed E-state index contributed by atoms with van der Waals surface area (Å²) in [5, 5.41) is 3.38. The van der Waals surface area contributed by atoms with Crippen LogP contribution in [0.25, 0.3) is 0 Å². The Bertz CT molecular complexity index is 473. The Kier molecular flexibility index (Phi) is 5.71. The lowest BCUT2D eigenvalue weighted by atomic mass is 10.0. The van der Waals surface area contributed by atoms with Gasteiger partial charge in [0.15, 0.2) is 0 Å². The standard InChI is InChI=1S/C16H26N4O2/c1-16(2,3)22-15(21)20-9-5-4-6-14(20)11-18-10-13-7-8-17-12-19-13/h7-8,12,14,18H,4-6,9-11H2,1-3H3. The molecular formula is C16H26N4O2. The number of nitrogens with one attached hydrogen (secondary N) is 1. The fourth-order valence-corrected chi connectivity index (χ4v) is 2.56. The van der Waals surface area contributed by atoms with Gasteiger partial charge in [-0.15, -0.1) is 0 Å². The van der Waals surface area contributed by atoms with Gasteiger partial charge in [0.2, 0.25) is 0 Å². The average molecular weight is 306 g/mol. The van der Waals surface area contributed by atoms with E-state index in [-0.39, 0.29) is 12.1 Å². The highest BCUT2D eigenvalue weighted by Crippen LogP contribution is 2.20. The molecule has 1 atom stereocenters. The Labute approximate surface area is 132 Å². The van der Waals surface area contributed by atoms with Crippen LogP contribution in [0.15, 0.2) is 18.6 Å². The van der Waals surface area contributed by atoms with E-state index in [1.54, 1.807) is 12.5 Å². The molecule has 1 aliphatic rings. The van der Waals surface area contributed by atoms with Crippen LogP contribution in [0.5, 0.6) is 0 Å². The van der Waals surface area contributed by atoms with Crippen molar-refractivity contribution in [3.05, 3.63) is 24.3 Å². The van der Waals surface area contributed by atoms with Crippen LogP contribution >= 0.6 is 0 Å². The normalized spacial score (nSPS) is 19.0. The summed E-state index contributed by atoms with van der Waals surface area (Å²) in [6.07, 6.45) is 6.28. The van der Waals surface area contributed by atoms with Crippen LogP contribution in [0.3, 0.4) is 0 Å². The minimum absolute atomic E-state index is 0.186. The van der Waals surface area contributed by atoms with Crippen molar-refractivity contribution in [3.8, 4) is 0 Å². The molecule has 1 saturated heterocycles. The molecule has 1 fully saturated rings. The van der Waals surface area contributed by atoms with Crippen molar-refractivity contribution in [1.82, 2.24) is 20.2 Å². The van der Waals surface area contributed by atoms with Crippen molar-refractivity contribution in [2.24, 2.45) is 0 Å². The van der Waals surface area contributed by atoms with Gasteiger partial charge < -0.3 is 15.0 Å². The molecule has 0 aromatic carbocycles. The van der Waals surface area contributed by atoms with E-state index in [2.05, 4.69) is 15.3 Å². The van der Waals surface area contributed by atoms with Crippen molar-refractivity contribution in [2.45, 2.75) is 58.2 Å². The second-order valence-electron chi connectivity index (χ2n) is 6.65. The fourth-order valence-electron chi connectivity index (χ4n) is 2.56. The largest absolute Gasteiger partial charge is 0.444 e. The highest BCUT2D eigenvalue weighted by atomic mass is 16.6. The van der Waals surface area contributed by atoms with E-state index in [1.807, 2.05) is 31.7 Å². The predicted molar refractivity (Wildman–Crippen MR) is 84.3 cm³/mol. The number of amides is 1. The molecule has 2 heterocycles. The zero-order valence-electron chi connectivity index (χ0n) is 13.7. The van der Waals surface area contributed by atoms with Gasteiger partial charge in [-0.05, 0) is 46.1 Å². The molecule has 1 amide bonds. The van der Waals surface area contributed by atoms with E-state index in [0.29, 0.717) is 6.54 Å². The molecule has 0 bridgehead atoms. The van der Waals surface area contributed by atoms with Crippen molar-refractivity contribution >= 4 is 6.09 Å². The molecule has 2 rings (SSSR count). The van der Waals surface area contributed by atoms with Gasteiger partial charge in [-0.3, -0.25) is 0 Å². The maximum atomic E-state index is 12.3. The van der Waals surface area contributed by atoms with Crippen LogP contribution in [0.2, 0.25) is 0 Å². The van der Waals surface area contributed by atoms with E-state index >= 15 is 0 Å². The van der Waals surface area contributed by atoms with Gasteiger partial charge in [0.05, 0.1) is 5.69 Å². The van der Waals surface area contributed by atoms with Crippen molar-refractivity contribution in [2.75, 3.05) is 13.1 Å². The molecular weight excluding hydrogens is 280 g/mol. The molecule has 122 valence electrons. The van der Waals surface area contributed by atoms with Crippen LogP contribution in [0, 0.1) is 0 Å². The minimum Gasteiger partial charge on any atom is -0.444 e. The molecule has 1 aromatic rings. The zero-order valence-corrected chi connectivity index (χ0v) is 13.7. The second kappa shape index (κ2) is 7.54. The van der Waals surface area contributed by atoms with E-state index in [0.717, 1.165) is 38.0 Å². The first kappa shape index (κ1) is 16.7. The summed E-state index contributed by atoms with van der Waals surface area (Å²) >= 11 is 0. The second-order valence-corrected chi connectivity index (χ2v) is 6.65. The summed E-state index contributed by atoms with van der Waals surface area (Å²) in [4.78, 5) is 22.3. The number of hydrogen-bond donors (Lipinski definition) is 1. The molecule has 0 aliphatic carbocycles. The van der Waals surface area contributed by atoms with Gasteiger partial charge in [-0.25, -0.2) is 14.8 Å². The van der Waals surface area contributed by atoms with Crippen molar-refractivity contribution in [1.29, 1.82) is 0 Å². The maximum absolute atomic E-state index is 12.3. The van der Waals surface area contributed by atoms with Crippen LogP contribution in [0.1, 0.15) is 45.7 Å². The molecule has 1 aromatic heterocycles. The fraction of sp³-hybridized carbons (Fsp3) is 0.688. The summed E-state index contributed by atoms with van der Waals surface area (Å²) in [6, 6.07) is 2.07. The van der Waals surface area contributed by atoms with E-state index < -0.39 is 5.60 Å². The third-order valence-corrected chi connectivity index (χ3v) is 3.58. The van der Waals surface area contributed by atoms with Gasteiger partial charge in [0, 0.05) is 31.9 Å². The molecule has 0 spiro atoms. The number of rotatable bonds is 4. The number of likely N-dealkylation sites (tertiary alicyclic amines) is 1. The molecule has 0 saturated carbocycles. The molecule has 1 N–H and O–H groups in total. The van der Waals surface area contributed by atoms with Gasteiger partial charge in [-0.2, -0.15) is 0 Å². The molecule has 22 heavy (non-hydrogen) atoms. The summed E-state index contributed by atoms with van der Waals surface area (Å²) in [6.45, 7) is 7.91. The Balaban J connectivity index is 1.85. The number of aromatic nitrogens is 2. The number of ether oxygens (including phenoxy) is 1. The Morgan fingerprint density at radius 2 is 2.27 bits per heavy atom. The van der Waals surface area contributed by atoms with E-state index in [4.69, 9.17) is 4.74 Å². The predicted octanol–water partition coefficient (Wildman–Crippen LogP) is 2.36. The first-order chi connectivity index (χ1) is 10.5. The average Bonchev–Trinajstić information content (AvgIpc) is 2.47. The van der Waals surface area contributed by atoms with Crippen molar-refractivity contribution < 1.29 is 9.53 Å². The zero-order chi connectivity index (χ0) is 16.0. The smallest absolute Gasteiger partial charge is 0.410 e. The third-order valence-electron chi connectivity index (χ3n) is 3.58. The number of hydrogen-bond acceptors (Lipinski definition) is 5. The summed E-state index contributed by atoms with van der Waals surface area (Å²) in [7, 11) is 0. The molecule has 1 unspecified atom stereocenters. The first-order valence-electron chi connectivity index (χ1n) is 7.91. The lowest BCUT2D eigenvalue weighted by molar-refractivity contribution is 0.00993. The van der Waals surface area contributed by atoms with Crippen molar-refractivity contribution in [3.63, 3.8) is 0 Å². The monoisotopic (exact) mass is 306 g/mol. The van der Waals surface area contributed by atoms with Gasteiger partial charge >= 0.3 is 6.09 Å².